The maximum atomic E-state index is 7.17. The van der Waals surface area contributed by atoms with Crippen molar-refractivity contribution in [3.8, 4) is 0 Å². The standard InChI is InChI=1S/4BH3O3.K.5H2O.H/c4*2-1(3)4;;;;;;;/h4*2-4H;;5*1H2;/q;;;;+1;;;;;;-1. The Morgan fingerprint density at radius 2 is 0.318 bits per heavy atom. The minimum absolute atomic E-state index is 0. The molecule has 0 aromatic carbocycles. The second kappa shape index (κ2) is 57.3. The van der Waals surface area contributed by atoms with Gasteiger partial charge in [0.25, 0.3) is 0 Å². The first-order valence-electron chi connectivity index (χ1n) is 3.10. The van der Waals surface area contributed by atoms with E-state index in [-0.39, 0.29) is 80.2 Å². The Hall–Kier alpha value is 1.22. The molecule has 0 heterocycles. The molecule has 0 aromatic heterocycles. The zero-order chi connectivity index (χ0) is 14.3. The second-order valence-electron chi connectivity index (χ2n) is 1.39. The Morgan fingerprint density at radius 3 is 0.318 bits per heavy atom. The molecule has 22 heteroatoms. The summed E-state index contributed by atoms with van der Waals surface area (Å²) in [6.07, 6.45) is 0. The molecule has 22 N–H and O–H groups in total. The summed E-state index contributed by atoms with van der Waals surface area (Å²) in [5, 5.41) is 86.0. The van der Waals surface area contributed by atoms with Crippen molar-refractivity contribution in [3.63, 3.8) is 0 Å². The van der Waals surface area contributed by atoms with Crippen LogP contribution in [0.1, 0.15) is 1.43 Å². The van der Waals surface area contributed by atoms with Gasteiger partial charge in [0.1, 0.15) is 0 Å². The van der Waals surface area contributed by atoms with E-state index in [4.69, 9.17) is 60.3 Å². The van der Waals surface area contributed by atoms with Gasteiger partial charge in [0.15, 0.2) is 0 Å². The first kappa shape index (κ1) is 65.6. The molecular weight excluding hydrogens is 354 g/mol. The molecule has 0 aliphatic rings. The van der Waals surface area contributed by atoms with Crippen molar-refractivity contribution in [1.29, 1.82) is 0 Å². The van der Waals surface area contributed by atoms with Crippen LogP contribution in [0.4, 0.5) is 0 Å². The third kappa shape index (κ3) is 5860. The van der Waals surface area contributed by atoms with Crippen LogP contribution in [0.5, 0.6) is 0 Å². The summed E-state index contributed by atoms with van der Waals surface area (Å²) >= 11 is 0. The first-order chi connectivity index (χ1) is 6.93. The first-order valence-corrected chi connectivity index (χ1v) is 3.10. The van der Waals surface area contributed by atoms with E-state index < -0.39 is 29.3 Å². The van der Waals surface area contributed by atoms with Crippen LogP contribution in [0.15, 0.2) is 0 Å². The van der Waals surface area contributed by atoms with Crippen LogP contribution in [0.3, 0.4) is 0 Å². The van der Waals surface area contributed by atoms with E-state index in [0.717, 1.165) is 0 Å². The minimum atomic E-state index is -2.17. The molecular formula is H23B4KO17. The average Bonchev–Trinajstić information content (AvgIpc) is 1.76. The maximum Gasteiger partial charge on any atom is 1.00 e. The van der Waals surface area contributed by atoms with Crippen molar-refractivity contribution < 1.29 is 140 Å². The van der Waals surface area contributed by atoms with Crippen LogP contribution in [-0.2, 0) is 0 Å². The van der Waals surface area contributed by atoms with Crippen molar-refractivity contribution in [2.45, 2.75) is 0 Å². The minimum Gasteiger partial charge on any atom is -1.00 e. The van der Waals surface area contributed by atoms with Gasteiger partial charge in [0, 0.05) is 0 Å². The van der Waals surface area contributed by atoms with Gasteiger partial charge < -0.3 is 89.1 Å². The second-order valence-corrected chi connectivity index (χ2v) is 1.39. The molecule has 0 fully saturated rings. The molecule has 0 radical (unpaired) electrons. The van der Waals surface area contributed by atoms with Crippen LogP contribution in [-0.4, -0.2) is 117 Å². The molecule has 0 amide bonds. The van der Waals surface area contributed by atoms with Crippen molar-refractivity contribution >= 4 is 29.3 Å². The Morgan fingerprint density at radius 1 is 0.318 bits per heavy atom. The molecule has 138 valence electrons. The van der Waals surface area contributed by atoms with Gasteiger partial charge in [-0.05, 0) is 0 Å². The fourth-order valence-corrected chi connectivity index (χ4v) is 0. The van der Waals surface area contributed by atoms with Crippen LogP contribution in [0, 0.1) is 0 Å². The van der Waals surface area contributed by atoms with Crippen molar-refractivity contribution in [2.75, 3.05) is 0 Å². The number of hydrogen-bond donors (Lipinski definition) is 12. The monoisotopic (exact) mass is 378 g/mol. The Labute approximate surface area is 168 Å². The SMILES string of the molecule is O.O.O.O.O.OB(O)O.OB(O)O.OB(O)O.OB(O)O.[H-].[K+]. The number of rotatable bonds is 0. The van der Waals surface area contributed by atoms with Gasteiger partial charge in [-0.3, -0.25) is 0 Å². The van der Waals surface area contributed by atoms with Crippen LogP contribution in [0.25, 0.3) is 0 Å². The summed E-state index contributed by atoms with van der Waals surface area (Å²) in [7, 11) is -8.67. The average molecular weight is 378 g/mol. The molecule has 0 aliphatic heterocycles. The normalized spacial score (nSPS) is 4.91. The zero-order valence-electron chi connectivity index (χ0n) is 12.2. The molecule has 0 saturated carbocycles. The van der Waals surface area contributed by atoms with E-state index >= 15 is 0 Å². The van der Waals surface area contributed by atoms with Gasteiger partial charge in [-0.15, -0.1) is 0 Å². The third-order valence-electron chi connectivity index (χ3n) is 0. The van der Waals surface area contributed by atoms with Gasteiger partial charge in [0.05, 0.1) is 0 Å². The Bertz CT molecular complexity index is 69.6. The molecule has 0 rings (SSSR count). The summed E-state index contributed by atoms with van der Waals surface area (Å²) in [6.45, 7) is 0. The maximum absolute atomic E-state index is 7.17. The Balaban J connectivity index is -0.00000000842. The summed E-state index contributed by atoms with van der Waals surface area (Å²) in [4.78, 5) is 0. The largest absolute Gasteiger partial charge is 1.00 e. The fraction of sp³-hybridized carbons (Fsp3) is 0. The van der Waals surface area contributed by atoms with Gasteiger partial charge in [-0.2, -0.15) is 0 Å². The quantitative estimate of drug-likeness (QED) is 0.175. The van der Waals surface area contributed by atoms with Crippen LogP contribution < -0.4 is 51.4 Å². The fourth-order valence-electron chi connectivity index (χ4n) is 0. The van der Waals surface area contributed by atoms with Crippen molar-refractivity contribution in [3.05, 3.63) is 0 Å². The third-order valence-corrected chi connectivity index (χ3v) is 0. The topological polar surface area (TPSA) is 400 Å². The number of hydrogen-bond acceptors (Lipinski definition) is 12. The van der Waals surface area contributed by atoms with E-state index in [0.29, 0.717) is 0 Å². The van der Waals surface area contributed by atoms with E-state index in [1.165, 1.54) is 0 Å². The summed E-state index contributed by atoms with van der Waals surface area (Å²) < 4.78 is 0. The molecule has 22 heavy (non-hydrogen) atoms. The molecule has 0 aromatic rings. The molecule has 0 saturated heterocycles. The van der Waals surface area contributed by atoms with Gasteiger partial charge in [-0.25, -0.2) is 0 Å². The summed E-state index contributed by atoms with van der Waals surface area (Å²) in [5.41, 5.74) is 0. The van der Waals surface area contributed by atoms with E-state index in [1.807, 2.05) is 0 Å². The smallest absolute Gasteiger partial charge is 1.00 e. The summed E-state index contributed by atoms with van der Waals surface area (Å²) in [5.74, 6) is 0. The van der Waals surface area contributed by atoms with E-state index in [1.54, 1.807) is 0 Å². The van der Waals surface area contributed by atoms with Crippen molar-refractivity contribution in [1.82, 2.24) is 0 Å². The zero-order valence-corrected chi connectivity index (χ0v) is 14.3. The molecule has 0 spiro atoms. The molecule has 0 bridgehead atoms. The Kier molecular flexibility index (Phi) is 171. The molecule has 0 atom stereocenters. The van der Waals surface area contributed by atoms with E-state index in [2.05, 4.69) is 0 Å². The van der Waals surface area contributed by atoms with Crippen LogP contribution >= 0.6 is 0 Å². The van der Waals surface area contributed by atoms with E-state index in [9.17, 15) is 0 Å². The molecule has 0 aliphatic carbocycles. The predicted molar refractivity (Wildman–Crippen MR) is 68.8 cm³/mol. The predicted octanol–water partition coefficient (Wildman–Crippen LogP) is -15.2. The summed E-state index contributed by atoms with van der Waals surface area (Å²) in [6, 6.07) is 0. The van der Waals surface area contributed by atoms with Crippen LogP contribution in [0.2, 0.25) is 0 Å². The van der Waals surface area contributed by atoms with Gasteiger partial charge in [0.2, 0.25) is 0 Å². The molecule has 17 nitrogen and oxygen atoms in total. The van der Waals surface area contributed by atoms with Crippen molar-refractivity contribution in [2.24, 2.45) is 0 Å². The van der Waals surface area contributed by atoms with Gasteiger partial charge >= 0.3 is 80.7 Å². The molecule has 0 unspecified atom stereocenters. The van der Waals surface area contributed by atoms with Gasteiger partial charge in [-0.1, -0.05) is 0 Å².